The molecule has 0 aliphatic rings. The summed E-state index contributed by atoms with van der Waals surface area (Å²) >= 11 is 13.9. The summed E-state index contributed by atoms with van der Waals surface area (Å²) in [5.74, 6) is -0.164. The zero-order chi connectivity index (χ0) is 18.0. The second-order valence-corrected chi connectivity index (χ2v) is 7.65. The summed E-state index contributed by atoms with van der Waals surface area (Å²) in [6.45, 7) is 1.22. The van der Waals surface area contributed by atoms with Gasteiger partial charge in [0.1, 0.15) is 5.52 Å². The SMILES string of the molecule is CN(C)CCN(C(=O)c1ccccc1Cl)c1nc2c(Cl)cccc2s1.[Cl-]. The van der Waals surface area contributed by atoms with E-state index < -0.39 is 0 Å². The number of nitrogens with zero attached hydrogens (tertiary/aromatic N) is 3. The van der Waals surface area contributed by atoms with Crippen LogP contribution in [0.25, 0.3) is 10.2 Å². The molecule has 1 amide bonds. The Bertz CT molecular complexity index is 914. The van der Waals surface area contributed by atoms with Gasteiger partial charge in [-0.2, -0.15) is 0 Å². The van der Waals surface area contributed by atoms with Gasteiger partial charge in [-0.3, -0.25) is 9.69 Å². The van der Waals surface area contributed by atoms with Crippen molar-refractivity contribution in [3.05, 3.63) is 58.1 Å². The van der Waals surface area contributed by atoms with Crippen LogP contribution in [0.5, 0.6) is 0 Å². The van der Waals surface area contributed by atoms with Crippen molar-refractivity contribution in [3.8, 4) is 0 Å². The van der Waals surface area contributed by atoms with Gasteiger partial charge in [-0.1, -0.05) is 52.7 Å². The first-order valence-electron chi connectivity index (χ1n) is 7.73. The van der Waals surface area contributed by atoms with Crippen molar-refractivity contribution < 1.29 is 17.2 Å². The number of benzene rings is 2. The second kappa shape index (κ2) is 9.02. The Morgan fingerprint density at radius 1 is 1.04 bits per heavy atom. The monoisotopic (exact) mass is 428 g/mol. The summed E-state index contributed by atoms with van der Waals surface area (Å²) < 4.78 is 0.948. The Hall–Kier alpha value is -1.37. The summed E-state index contributed by atoms with van der Waals surface area (Å²) in [7, 11) is 3.93. The minimum atomic E-state index is -0.164. The maximum atomic E-state index is 13.1. The molecule has 138 valence electrons. The van der Waals surface area contributed by atoms with Crippen molar-refractivity contribution in [1.29, 1.82) is 0 Å². The number of fused-ring (bicyclic) bond motifs is 1. The van der Waals surface area contributed by atoms with Gasteiger partial charge in [0.05, 0.1) is 20.3 Å². The molecule has 1 heterocycles. The zero-order valence-electron chi connectivity index (χ0n) is 14.2. The smallest absolute Gasteiger partial charge is 0.261 e. The maximum absolute atomic E-state index is 13.1. The molecule has 2 aromatic carbocycles. The Labute approximate surface area is 172 Å². The molecule has 0 saturated carbocycles. The number of amides is 1. The number of carbonyl (C=O) groups excluding carboxylic acids is 1. The van der Waals surface area contributed by atoms with Gasteiger partial charge in [-0.15, -0.1) is 0 Å². The summed E-state index contributed by atoms with van der Waals surface area (Å²) in [4.78, 5) is 21.4. The van der Waals surface area contributed by atoms with Crippen LogP contribution in [0.3, 0.4) is 0 Å². The van der Waals surface area contributed by atoms with Crippen LogP contribution in [0.1, 0.15) is 10.4 Å². The average molecular weight is 430 g/mol. The maximum Gasteiger partial charge on any atom is 0.261 e. The number of hydrogen-bond acceptors (Lipinski definition) is 4. The molecule has 26 heavy (non-hydrogen) atoms. The number of carbonyl (C=O) groups is 1. The van der Waals surface area contributed by atoms with Gasteiger partial charge in [0, 0.05) is 13.1 Å². The lowest BCUT2D eigenvalue weighted by atomic mass is 10.2. The molecule has 3 rings (SSSR count). The van der Waals surface area contributed by atoms with E-state index in [-0.39, 0.29) is 18.3 Å². The Morgan fingerprint density at radius 2 is 1.73 bits per heavy atom. The summed E-state index contributed by atoms with van der Waals surface area (Å²) in [5, 5.41) is 1.63. The minimum absolute atomic E-state index is 0. The van der Waals surface area contributed by atoms with Gasteiger partial charge in [0.15, 0.2) is 5.13 Å². The minimum Gasteiger partial charge on any atom is -1.00 e. The highest BCUT2D eigenvalue weighted by Gasteiger charge is 2.23. The summed E-state index contributed by atoms with van der Waals surface area (Å²) in [6.07, 6.45) is 0. The molecule has 0 aliphatic carbocycles. The van der Waals surface area contributed by atoms with E-state index in [4.69, 9.17) is 23.2 Å². The van der Waals surface area contributed by atoms with E-state index in [9.17, 15) is 4.79 Å². The molecule has 0 saturated heterocycles. The number of anilines is 1. The number of rotatable bonds is 5. The van der Waals surface area contributed by atoms with Crippen LogP contribution in [0.15, 0.2) is 42.5 Å². The fraction of sp³-hybridized carbons (Fsp3) is 0.222. The van der Waals surface area contributed by atoms with Crippen LogP contribution in [-0.4, -0.2) is 43.0 Å². The number of hydrogen-bond donors (Lipinski definition) is 0. The lowest BCUT2D eigenvalue weighted by Crippen LogP contribution is -3.00. The van der Waals surface area contributed by atoms with E-state index in [1.165, 1.54) is 11.3 Å². The predicted octanol–water partition coefficient (Wildman–Crippen LogP) is 1.82. The van der Waals surface area contributed by atoms with Gasteiger partial charge < -0.3 is 17.3 Å². The predicted molar refractivity (Wildman–Crippen MR) is 106 cm³/mol. The van der Waals surface area contributed by atoms with Gasteiger partial charge in [0.2, 0.25) is 0 Å². The Balaban J connectivity index is 0.00000243. The van der Waals surface area contributed by atoms with Crippen molar-refractivity contribution in [2.45, 2.75) is 0 Å². The first-order valence-corrected chi connectivity index (χ1v) is 9.31. The molecule has 3 aromatic rings. The lowest BCUT2D eigenvalue weighted by molar-refractivity contribution is -0.0000126. The second-order valence-electron chi connectivity index (χ2n) is 5.82. The number of thiazole rings is 1. The molecule has 0 spiro atoms. The highest BCUT2D eigenvalue weighted by molar-refractivity contribution is 7.22. The fourth-order valence-electron chi connectivity index (χ4n) is 2.38. The van der Waals surface area contributed by atoms with Gasteiger partial charge in [0.25, 0.3) is 5.91 Å². The summed E-state index contributed by atoms with van der Waals surface area (Å²) in [5.41, 5.74) is 1.18. The van der Waals surface area contributed by atoms with E-state index in [1.54, 1.807) is 35.2 Å². The molecular formula is C18H17Cl3N3OS-. The third-order valence-corrected chi connectivity index (χ3v) is 5.39. The average Bonchev–Trinajstić information content (AvgIpc) is 3.00. The largest absolute Gasteiger partial charge is 1.00 e. The molecule has 0 unspecified atom stereocenters. The number of likely N-dealkylation sites (N-methyl/N-ethyl adjacent to an activating group) is 1. The standard InChI is InChI=1S/C18H17Cl2N3OS.ClH/c1-22(2)10-11-23(17(24)12-6-3-4-7-13(12)19)18-21-16-14(20)8-5-9-15(16)25-18;/h3-9H,10-11H2,1-2H3;1H/p-1. The number of para-hydroxylation sites is 1. The molecular weight excluding hydrogens is 413 g/mol. The number of aromatic nitrogens is 1. The van der Waals surface area contributed by atoms with Crippen molar-refractivity contribution in [2.75, 3.05) is 32.1 Å². The van der Waals surface area contributed by atoms with Gasteiger partial charge >= 0.3 is 0 Å². The van der Waals surface area contributed by atoms with Crippen LogP contribution >= 0.6 is 34.5 Å². The third-order valence-electron chi connectivity index (χ3n) is 3.71. The van der Waals surface area contributed by atoms with Crippen molar-refractivity contribution >= 4 is 55.8 Å². The van der Waals surface area contributed by atoms with E-state index in [2.05, 4.69) is 4.98 Å². The van der Waals surface area contributed by atoms with Crippen LogP contribution in [0, 0.1) is 0 Å². The molecule has 4 nitrogen and oxygen atoms in total. The number of halogens is 3. The van der Waals surface area contributed by atoms with Crippen LogP contribution in [-0.2, 0) is 0 Å². The van der Waals surface area contributed by atoms with Crippen molar-refractivity contribution in [2.24, 2.45) is 0 Å². The summed E-state index contributed by atoms with van der Waals surface area (Å²) in [6, 6.07) is 12.7. The molecule has 0 aliphatic heterocycles. The Kier molecular flexibility index (Phi) is 7.26. The Morgan fingerprint density at radius 3 is 2.38 bits per heavy atom. The molecule has 8 heteroatoms. The van der Waals surface area contributed by atoms with Gasteiger partial charge in [-0.25, -0.2) is 4.98 Å². The van der Waals surface area contributed by atoms with Crippen LogP contribution < -0.4 is 17.3 Å². The van der Waals surface area contributed by atoms with Gasteiger partial charge in [-0.05, 0) is 38.4 Å². The van der Waals surface area contributed by atoms with Crippen LogP contribution in [0.4, 0.5) is 5.13 Å². The highest BCUT2D eigenvalue weighted by atomic mass is 35.5. The quantitative estimate of drug-likeness (QED) is 0.621. The van der Waals surface area contributed by atoms with E-state index in [0.29, 0.717) is 39.3 Å². The molecule has 0 atom stereocenters. The lowest BCUT2D eigenvalue weighted by Gasteiger charge is -2.22. The van der Waals surface area contributed by atoms with Crippen LogP contribution in [0.2, 0.25) is 10.0 Å². The van der Waals surface area contributed by atoms with E-state index in [1.807, 2.05) is 31.1 Å². The zero-order valence-corrected chi connectivity index (χ0v) is 17.3. The molecule has 0 N–H and O–H groups in total. The van der Waals surface area contributed by atoms with Crippen molar-refractivity contribution in [1.82, 2.24) is 9.88 Å². The first-order chi connectivity index (χ1) is 12.0. The molecule has 0 radical (unpaired) electrons. The molecule has 0 bridgehead atoms. The first kappa shape index (κ1) is 20.9. The molecule has 0 fully saturated rings. The molecule has 1 aromatic heterocycles. The van der Waals surface area contributed by atoms with E-state index in [0.717, 1.165) is 4.70 Å². The van der Waals surface area contributed by atoms with Crippen molar-refractivity contribution in [3.63, 3.8) is 0 Å². The fourth-order valence-corrected chi connectivity index (χ4v) is 3.89. The topological polar surface area (TPSA) is 36.4 Å². The van der Waals surface area contributed by atoms with E-state index >= 15 is 0 Å². The normalized spacial score (nSPS) is 10.8. The third kappa shape index (κ3) is 4.48. The highest BCUT2D eigenvalue weighted by Crippen LogP contribution is 2.33.